The second-order valence-corrected chi connectivity index (χ2v) is 6.97. The van der Waals surface area contributed by atoms with Crippen molar-refractivity contribution in [2.24, 2.45) is 0 Å². The van der Waals surface area contributed by atoms with Crippen LogP contribution < -0.4 is 0 Å². The number of hydrogen-bond donors (Lipinski definition) is 0. The summed E-state index contributed by atoms with van der Waals surface area (Å²) in [7, 11) is -2.33. The Labute approximate surface area is 116 Å². The van der Waals surface area contributed by atoms with Gasteiger partial charge in [-0.2, -0.15) is 0 Å². The zero-order chi connectivity index (χ0) is 14.6. The molecule has 0 aliphatic rings. The fraction of sp³-hybridized carbons (Fsp3) is 0.417. The third-order valence-electron chi connectivity index (χ3n) is 2.65. The van der Waals surface area contributed by atoms with Gasteiger partial charge in [-0.05, 0) is 24.6 Å². The first-order valence-electron chi connectivity index (χ1n) is 5.48. The van der Waals surface area contributed by atoms with Crippen LogP contribution in [0.4, 0.5) is 4.39 Å². The fourth-order valence-electron chi connectivity index (χ4n) is 1.45. The van der Waals surface area contributed by atoms with Gasteiger partial charge in [-0.25, -0.2) is 12.8 Å². The molecule has 0 saturated heterocycles. The minimum atomic E-state index is -3.53. The molecule has 0 bridgehead atoms. The van der Waals surface area contributed by atoms with Gasteiger partial charge in [0.2, 0.25) is 0 Å². The van der Waals surface area contributed by atoms with Crippen LogP contribution in [-0.2, 0) is 25.1 Å². The molecule has 7 heteroatoms. The van der Waals surface area contributed by atoms with Crippen molar-refractivity contribution >= 4 is 27.4 Å². The second kappa shape index (κ2) is 6.34. The quantitative estimate of drug-likeness (QED) is 0.783. The SMILES string of the molecule is COC(=O)CC(C)S(=O)(=O)Cc1ccc(F)c(Cl)c1. The Morgan fingerprint density at radius 2 is 2.11 bits per heavy atom. The van der Waals surface area contributed by atoms with Gasteiger partial charge in [-0.1, -0.05) is 17.7 Å². The molecule has 0 aromatic heterocycles. The Bertz CT molecular complexity index is 571. The van der Waals surface area contributed by atoms with Crippen molar-refractivity contribution in [2.45, 2.75) is 24.3 Å². The van der Waals surface area contributed by atoms with Gasteiger partial charge in [0.05, 0.1) is 29.6 Å². The molecular formula is C12H14ClFO4S. The molecule has 0 aliphatic heterocycles. The molecule has 0 heterocycles. The normalized spacial score (nSPS) is 13.1. The van der Waals surface area contributed by atoms with E-state index in [0.29, 0.717) is 5.56 Å². The summed E-state index contributed by atoms with van der Waals surface area (Å²) in [5, 5.41) is -1.00. The molecule has 0 spiro atoms. The van der Waals surface area contributed by atoms with E-state index in [4.69, 9.17) is 11.6 Å². The maximum Gasteiger partial charge on any atom is 0.306 e. The second-order valence-electron chi connectivity index (χ2n) is 4.15. The maximum absolute atomic E-state index is 13.0. The summed E-state index contributed by atoms with van der Waals surface area (Å²) in [4.78, 5) is 11.1. The number of halogens is 2. The lowest BCUT2D eigenvalue weighted by atomic mass is 10.2. The Balaban J connectivity index is 2.84. The largest absolute Gasteiger partial charge is 0.469 e. The average molecular weight is 309 g/mol. The Hall–Kier alpha value is -1.14. The van der Waals surface area contributed by atoms with Crippen LogP contribution in [0.1, 0.15) is 18.9 Å². The molecule has 0 fully saturated rings. The fourth-order valence-corrected chi connectivity index (χ4v) is 2.97. The number of esters is 1. The minimum Gasteiger partial charge on any atom is -0.469 e. The summed E-state index contributed by atoms with van der Waals surface area (Å²) in [5.41, 5.74) is 0.378. The third kappa shape index (κ3) is 4.47. The van der Waals surface area contributed by atoms with Crippen molar-refractivity contribution in [3.63, 3.8) is 0 Å². The van der Waals surface area contributed by atoms with Crippen LogP contribution in [0.5, 0.6) is 0 Å². The Morgan fingerprint density at radius 1 is 1.47 bits per heavy atom. The molecule has 0 N–H and O–H groups in total. The number of sulfone groups is 1. The first kappa shape index (κ1) is 15.9. The maximum atomic E-state index is 13.0. The van der Waals surface area contributed by atoms with E-state index >= 15 is 0 Å². The monoisotopic (exact) mass is 308 g/mol. The lowest BCUT2D eigenvalue weighted by Gasteiger charge is -2.12. The predicted molar refractivity (Wildman–Crippen MR) is 70.1 cm³/mol. The highest BCUT2D eigenvalue weighted by Crippen LogP contribution is 2.20. The van der Waals surface area contributed by atoms with E-state index in [0.717, 1.165) is 6.07 Å². The molecule has 0 saturated carbocycles. The molecule has 1 aromatic rings. The van der Waals surface area contributed by atoms with Crippen LogP contribution in [0.25, 0.3) is 0 Å². The molecule has 19 heavy (non-hydrogen) atoms. The molecule has 1 rings (SSSR count). The van der Waals surface area contributed by atoms with Crippen molar-refractivity contribution < 1.29 is 22.3 Å². The van der Waals surface area contributed by atoms with Crippen LogP contribution in [0, 0.1) is 5.82 Å². The smallest absolute Gasteiger partial charge is 0.306 e. The number of carbonyl (C=O) groups excluding carboxylic acids is 1. The van der Waals surface area contributed by atoms with Crippen molar-refractivity contribution in [2.75, 3.05) is 7.11 Å². The Morgan fingerprint density at radius 3 is 2.63 bits per heavy atom. The zero-order valence-electron chi connectivity index (χ0n) is 10.5. The van der Waals surface area contributed by atoms with Crippen molar-refractivity contribution in [3.8, 4) is 0 Å². The number of hydrogen-bond acceptors (Lipinski definition) is 4. The van der Waals surface area contributed by atoms with Gasteiger partial charge < -0.3 is 4.74 Å². The molecule has 0 radical (unpaired) electrons. The molecule has 1 unspecified atom stereocenters. The number of carbonyl (C=O) groups is 1. The first-order valence-corrected chi connectivity index (χ1v) is 7.58. The van der Waals surface area contributed by atoms with E-state index in [1.807, 2.05) is 0 Å². The molecule has 1 aromatic carbocycles. The lowest BCUT2D eigenvalue weighted by Crippen LogP contribution is -2.23. The van der Waals surface area contributed by atoms with Gasteiger partial charge in [0.1, 0.15) is 5.82 Å². The standard InChI is InChI=1S/C12H14ClFO4S/c1-8(5-12(15)18-2)19(16,17)7-9-3-4-11(14)10(13)6-9/h3-4,6,8H,5,7H2,1-2H3. The van der Waals surface area contributed by atoms with Crippen LogP contribution >= 0.6 is 11.6 Å². The van der Waals surface area contributed by atoms with E-state index in [9.17, 15) is 17.6 Å². The summed E-state index contributed by atoms with van der Waals surface area (Å²) in [5.74, 6) is -1.50. The summed E-state index contributed by atoms with van der Waals surface area (Å²) in [6.45, 7) is 1.43. The molecule has 106 valence electrons. The average Bonchev–Trinajstić information content (AvgIpc) is 2.33. The summed E-state index contributed by atoms with van der Waals surface area (Å²) in [6.07, 6.45) is -0.215. The van der Waals surface area contributed by atoms with E-state index in [1.165, 1.54) is 26.2 Å². The highest BCUT2D eigenvalue weighted by atomic mass is 35.5. The predicted octanol–water partition coefficient (Wildman–Crippen LogP) is 2.35. The van der Waals surface area contributed by atoms with Crippen LogP contribution in [0.15, 0.2) is 18.2 Å². The summed E-state index contributed by atoms with van der Waals surface area (Å²) < 4.78 is 41.4. The van der Waals surface area contributed by atoms with Gasteiger partial charge in [0.25, 0.3) is 0 Å². The van der Waals surface area contributed by atoms with Gasteiger partial charge in [-0.3, -0.25) is 4.79 Å². The van der Waals surface area contributed by atoms with E-state index < -0.39 is 26.9 Å². The Kier molecular flexibility index (Phi) is 5.31. The van der Waals surface area contributed by atoms with E-state index in [2.05, 4.69) is 4.74 Å². The van der Waals surface area contributed by atoms with E-state index in [-0.39, 0.29) is 17.2 Å². The first-order chi connectivity index (χ1) is 8.76. The highest BCUT2D eigenvalue weighted by molar-refractivity contribution is 7.91. The number of methoxy groups -OCH3 is 1. The molecule has 4 nitrogen and oxygen atoms in total. The van der Waals surface area contributed by atoms with E-state index in [1.54, 1.807) is 0 Å². The molecule has 0 aliphatic carbocycles. The van der Waals surface area contributed by atoms with Gasteiger partial charge >= 0.3 is 5.97 Å². The highest BCUT2D eigenvalue weighted by Gasteiger charge is 2.24. The molecule has 0 amide bonds. The van der Waals surface area contributed by atoms with Gasteiger partial charge in [0, 0.05) is 0 Å². The van der Waals surface area contributed by atoms with Gasteiger partial charge in [-0.15, -0.1) is 0 Å². The molecule has 1 atom stereocenters. The van der Waals surface area contributed by atoms with Crippen molar-refractivity contribution in [1.82, 2.24) is 0 Å². The summed E-state index contributed by atoms with van der Waals surface area (Å²) in [6, 6.07) is 3.72. The number of benzene rings is 1. The van der Waals surface area contributed by atoms with Crippen molar-refractivity contribution in [1.29, 1.82) is 0 Å². The van der Waals surface area contributed by atoms with Crippen LogP contribution in [-0.4, -0.2) is 26.7 Å². The number of rotatable bonds is 5. The van der Waals surface area contributed by atoms with Crippen LogP contribution in [0.2, 0.25) is 5.02 Å². The zero-order valence-corrected chi connectivity index (χ0v) is 12.1. The summed E-state index contributed by atoms with van der Waals surface area (Å²) >= 11 is 5.59. The third-order valence-corrected chi connectivity index (χ3v) is 5.06. The van der Waals surface area contributed by atoms with Crippen LogP contribution in [0.3, 0.4) is 0 Å². The van der Waals surface area contributed by atoms with Gasteiger partial charge in [0.15, 0.2) is 9.84 Å². The topological polar surface area (TPSA) is 60.4 Å². The minimum absolute atomic E-state index is 0.131. The lowest BCUT2D eigenvalue weighted by molar-refractivity contribution is -0.140. The number of ether oxygens (including phenoxy) is 1. The molecular weight excluding hydrogens is 295 g/mol. The van der Waals surface area contributed by atoms with Crippen molar-refractivity contribution in [3.05, 3.63) is 34.6 Å².